The third kappa shape index (κ3) is 1.08. The Balaban J connectivity index is 2.12. The number of Topliss-reactive ketones (excluding diaryl/α,β-unsaturated/α-hetero) is 1. The highest BCUT2D eigenvalue weighted by Gasteiger charge is 2.40. The van der Waals surface area contributed by atoms with Crippen LogP contribution in [-0.2, 0) is 9.63 Å². The van der Waals surface area contributed by atoms with E-state index in [1.54, 1.807) is 7.11 Å². The smallest absolute Gasteiger partial charge is 0.136 e. The maximum Gasteiger partial charge on any atom is 0.136 e. The summed E-state index contributed by atoms with van der Waals surface area (Å²) in [5.41, 5.74) is 0. The summed E-state index contributed by atoms with van der Waals surface area (Å²) < 4.78 is 0. The van der Waals surface area contributed by atoms with Crippen LogP contribution in [0.1, 0.15) is 25.7 Å². The van der Waals surface area contributed by atoms with Crippen molar-refractivity contribution in [2.75, 3.05) is 7.11 Å². The number of hydrogen-bond acceptors (Lipinski definition) is 3. The topological polar surface area (TPSA) is 29.5 Å². The van der Waals surface area contributed by atoms with Gasteiger partial charge in [-0.25, -0.2) is 0 Å². The van der Waals surface area contributed by atoms with Crippen LogP contribution < -0.4 is 0 Å². The molecule has 2 bridgehead atoms. The molecule has 2 heterocycles. The van der Waals surface area contributed by atoms with Crippen LogP contribution in [0.5, 0.6) is 0 Å². The van der Waals surface area contributed by atoms with Gasteiger partial charge in [0.15, 0.2) is 0 Å². The maximum atomic E-state index is 11.1. The van der Waals surface area contributed by atoms with Crippen molar-refractivity contribution in [3.05, 3.63) is 0 Å². The summed E-state index contributed by atoms with van der Waals surface area (Å²) in [4.78, 5) is 16.3. The Morgan fingerprint density at radius 2 is 1.91 bits per heavy atom. The second-order valence-corrected chi connectivity index (χ2v) is 3.37. The lowest BCUT2D eigenvalue weighted by Gasteiger charge is -2.31. The Kier molecular flexibility index (Phi) is 1.69. The molecule has 0 N–H and O–H groups in total. The van der Waals surface area contributed by atoms with Crippen molar-refractivity contribution in [2.24, 2.45) is 0 Å². The minimum absolute atomic E-state index is 0.381. The van der Waals surface area contributed by atoms with Crippen molar-refractivity contribution in [3.63, 3.8) is 0 Å². The fourth-order valence-corrected chi connectivity index (χ4v) is 2.23. The maximum absolute atomic E-state index is 11.1. The number of hydroxylamine groups is 2. The zero-order valence-corrected chi connectivity index (χ0v) is 6.75. The fraction of sp³-hybridized carbons (Fsp3) is 0.875. The van der Waals surface area contributed by atoms with E-state index in [2.05, 4.69) is 0 Å². The summed E-state index contributed by atoms with van der Waals surface area (Å²) in [5, 5.41) is 2.00. The van der Waals surface area contributed by atoms with Crippen molar-refractivity contribution in [1.29, 1.82) is 0 Å². The lowest BCUT2D eigenvalue weighted by molar-refractivity contribution is -0.184. The summed E-state index contributed by atoms with van der Waals surface area (Å²) in [6.45, 7) is 0. The first-order valence-corrected chi connectivity index (χ1v) is 4.15. The zero-order chi connectivity index (χ0) is 7.84. The third-order valence-corrected chi connectivity index (χ3v) is 2.69. The summed E-state index contributed by atoms with van der Waals surface area (Å²) in [5.74, 6) is 0.408. The van der Waals surface area contributed by atoms with Gasteiger partial charge in [-0.2, -0.15) is 5.06 Å². The molecule has 11 heavy (non-hydrogen) atoms. The molecule has 2 fully saturated rings. The van der Waals surface area contributed by atoms with Gasteiger partial charge in [0.1, 0.15) is 5.78 Å². The molecule has 0 saturated carbocycles. The highest BCUT2D eigenvalue weighted by Crippen LogP contribution is 2.33. The predicted molar refractivity (Wildman–Crippen MR) is 39.9 cm³/mol. The van der Waals surface area contributed by atoms with Crippen LogP contribution in [0.25, 0.3) is 0 Å². The predicted octanol–water partition coefficient (Wildman–Crippen LogP) is 0.744. The monoisotopic (exact) mass is 155 g/mol. The molecule has 2 rings (SSSR count). The molecule has 62 valence electrons. The lowest BCUT2D eigenvalue weighted by Crippen LogP contribution is -2.42. The number of fused-ring (bicyclic) bond motifs is 2. The molecule has 0 aliphatic carbocycles. The van der Waals surface area contributed by atoms with Gasteiger partial charge in [-0.3, -0.25) is 4.79 Å². The number of carbonyl (C=O) groups is 1. The lowest BCUT2D eigenvalue weighted by atomic mass is 10.0. The van der Waals surface area contributed by atoms with Crippen LogP contribution >= 0.6 is 0 Å². The first-order chi connectivity index (χ1) is 5.31. The molecule has 0 unspecified atom stereocenters. The van der Waals surface area contributed by atoms with E-state index in [-0.39, 0.29) is 0 Å². The van der Waals surface area contributed by atoms with Crippen LogP contribution in [0.15, 0.2) is 0 Å². The third-order valence-electron chi connectivity index (χ3n) is 2.69. The van der Waals surface area contributed by atoms with Crippen LogP contribution in [-0.4, -0.2) is 30.0 Å². The average Bonchev–Trinajstić information content (AvgIpc) is 2.23. The van der Waals surface area contributed by atoms with Crippen molar-refractivity contribution in [3.8, 4) is 0 Å². The van der Waals surface area contributed by atoms with E-state index >= 15 is 0 Å². The molecule has 3 heteroatoms. The molecular weight excluding hydrogens is 142 g/mol. The van der Waals surface area contributed by atoms with Gasteiger partial charge in [0, 0.05) is 24.9 Å². The Bertz CT molecular complexity index is 165. The van der Waals surface area contributed by atoms with Gasteiger partial charge in [0.25, 0.3) is 0 Å². The van der Waals surface area contributed by atoms with Crippen molar-refractivity contribution >= 4 is 5.78 Å². The van der Waals surface area contributed by atoms with E-state index in [1.807, 2.05) is 5.06 Å². The van der Waals surface area contributed by atoms with E-state index in [4.69, 9.17) is 4.84 Å². The van der Waals surface area contributed by atoms with E-state index in [9.17, 15) is 4.79 Å². The molecule has 2 saturated heterocycles. The van der Waals surface area contributed by atoms with Gasteiger partial charge < -0.3 is 4.84 Å². The number of rotatable bonds is 1. The van der Waals surface area contributed by atoms with Gasteiger partial charge in [0.05, 0.1) is 7.11 Å². The van der Waals surface area contributed by atoms with Crippen LogP contribution in [0.4, 0.5) is 0 Å². The van der Waals surface area contributed by atoms with Crippen LogP contribution in [0, 0.1) is 0 Å². The number of nitrogens with zero attached hydrogens (tertiary/aromatic N) is 1. The molecule has 0 amide bonds. The minimum Gasteiger partial charge on any atom is -0.302 e. The standard InChI is InChI=1S/C8H13NO2/c1-11-9-6-2-3-7(9)5-8(10)4-6/h6-7H,2-5H2,1H3/t6-,7+. The first kappa shape index (κ1) is 7.25. The highest BCUT2D eigenvalue weighted by atomic mass is 16.7. The van der Waals surface area contributed by atoms with Gasteiger partial charge >= 0.3 is 0 Å². The minimum atomic E-state index is 0.381. The van der Waals surface area contributed by atoms with E-state index in [1.165, 1.54) is 0 Å². The van der Waals surface area contributed by atoms with Crippen molar-refractivity contribution in [1.82, 2.24) is 5.06 Å². The average molecular weight is 155 g/mol. The van der Waals surface area contributed by atoms with Crippen molar-refractivity contribution in [2.45, 2.75) is 37.8 Å². The molecule has 0 aromatic rings. The van der Waals surface area contributed by atoms with Crippen LogP contribution in [0.2, 0.25) is 0 Å². The zero-order valence-electron chi connectivity index (χ0n) is 6.75. The Hall–Kier alpha value is -0.410. The molecule has 2 aliphatic heterocycles. The second-order valence-electron chi connectivity index (χ2n) is 3.37. The largest absolute Gasteiger partial charge is 0.302 e. The molecule has 0 spiro atoms. The van der Waals surface area contributed by atoms with Gasteiger partial charge in [-0.05, 0) is 12.8 Å². The van der Waals surface area contributed by atoms with Crippen molar-refractivity contribution < 1.29 is 9.63 Å². The molecular formula is C8H13NO2. The molecule has 0 aromatic carbocycles. The quantitative estimate of drug-likeness (QED) is 0.559. The molecule has 3 nitrogen and oxygen atoms in total. The van der Waals surface area contributed by atoms with E-state index < -0.39 is 0 Å². The summed E-state index contributed by atoms with van der Waals surface area (Å²) in [6, 6.07) is 0.762. The van der Waals surface area contributed by atoms with Gasteiger partial charge in [-0.15, -0.1) is 0 Å². The fourth-order valence-electron chi connectivity index (χ4n) is 2.23. The highest BCUT2D eigenvalue weighted by molar-refractivity contribution is 5.80. The van der Waals surface area contributed by atoms with Crippen LogP contribution in [0.3, 0.4) is 0 Å². The summed E-state index contributed by atoms with van der Waals surface area (Å²) in [7, 11) is 1.70. The summed E-state index contributed by atoms with van der Waals surface area (Å²) in [6.07, 6.45) is 3.66. The number of carbonyl (C=O) groups excluding carboxylic acids is 1. The Morgan fingerprint density at radius 1 is 1.36 bits per heavy atom. The number of hydrogen-bond donors (Lipinski definition) is 0. The molecule has 2 aliphatic rings. The van der Waals surface area contributed by atoms with E-state index in [0.717, 1.165) is 12.8 Å². The van der Waals surface area contributed by atoms with Gasteiger partial charge in [-0.1, -0.05) is 0 Å². The molecule has 0 radical (unpaired) electrons. The molecule has 0 aromatic heterocycles. The Morgan fingerprint density at radius 3 is 2.36 bits per heavy atom. The summed E-state index contributed by atoms with van der Waals surface area (Å²) >= 11 is 0. The number of ketones is 1. The number of piperidine rings is 1. The van der Waals surface area contributed by atoms with Gasteiger partial charge in [0.2, 0.25) is 0 Å². The first-order valence-electron chi connectivity index (χ1n) is 4.15. The molecule has 2 atom stereocenters. The normalized spacial score (nSPS) is 38.1. The SMILES string of the molecule is CON1[C@@H]2CC[C@H]1CC(=O)C2. The Labute approximate surface area is 66.3 Å². The second kappa shape index (κ2) is 2.57. The van der Waals surface area contributed by atoms with E-state index in [0.29, 0.717) is 30.7 Å².